The molecule has 1 unspecified atom stereocenters. The van der Waals surface area contributed by atoms with Crippen molar-refractivity contribution in [3.63, 3.8) is 0 Å². The first kappa shape index (κ1) is 21.9. The van der Waals surface area contributed by atoms with Crippen LogP contribution >= 0.6 is 15.9 Å². The van der Waals surface area contributed by atoms with Crippen LogP contribution in [0.1, 0.15) is 34.7 Å². The van der Waals surface area contributed by atoms with Crippen LogP contribution in [0.25, 0.3) is 11.0 Å². The number of amides is 1. The number of aromatic nitrogens is 2. The second-order valence-electron chi connectivity index (χ2n) is 7.44. The Balaban J connectivity index is 1.64. The van der Waals surface area contributed by atoms with Crippen LogP contribution in [0.2, 0.25) is 0 Å². The van der Waals surface area contributed by atoms with Gasteiger partial charge >= 0.3 is 0 Å². The van der Waals surface area contributed by atoms with Crippen LogP contribution in [-0.4, -0.2) is 29.7 Å². The van der Waals surface area contributed by atoms with E-state index in [1.54, 1.807) is 32.4 Å². The fourth-order valence-electron chi connectivity index (χ4n) is 3.69. The summed E-state index contributed by atoms with van der Waals surface area (Å²) < 4.78 is 13.8. The molecule has 0 spiro atoms. The lowest BCUT2D eigenvalue weighted by atomic mass is 10.1. The zero-order valence-electron chi connectivity index (χ0n) is 18.1. The van der Waals surface area contributed by atoms with Gasteiger partial charge in [-0.05, 0) is 55.0 Å². The summed E-state index contributed by atoms with van der Waals surface area (Å²) in [5, 5.41) is 3.07. The van der Waals surface area contributed by atoms with Crippen molar-refractivity contribution in [2.45, 2.75) is 19.5 Å². The summed E-state index contributed by atoms with van der Waals surface area (Å²) in [7, 11) is 3.11. The van der Waals surface area contributed by atoms with E-state index in [2.05, 4.69) is 37.9 Å². The van der Waals surface area contributed by atoms with Gasteiger partial charge in [0, 0.05) is 16.6 Å². The average Bonchev–Trinajstić information content (AvgIpc) is 3.18. The Morgan fingerprint density at radius 1 is 1.03 bits per heavy atom. The molecule has 0 bridgehead atoms. The van der Waals surface area contributed by atoms with Crippen molar-refractivity contribution in [3.8, 4) is 11.5 Å². The molecule has 164 valence electrons. The lowest BCUT2D eigenvalue weighted by Crippen LogP contribution is -2.29. The van der Waals surface area contributed by atoms with Gasteiger partial charge in [-0.2, -0.15) is 0 Å². The number of hydrogen-bond donors (Lipinski definition) is 1. The lowest BCUT2D eigenvalue weighted by Gasteiger charge is -2.17. The largest absolute Gasteiger partial charge is 0.493 e. The number of nitrogens with zero attached hydrogens (tertiary/aromatic N) is 2. The zero-order chi connectivity index (χ0) is 22.7. The third-order valence-corrected chi connectivity index (χ3v) is 5.85. The number of benzene rings is 3. The highest BCUT2D eigenvalue weighted by Crippen LogP contribution is 2.28. The molecule has 6 nitrogen and oxygen atoms in total. The van der Waals surface area contributed by atoms with Crippen molar-refractivity contribution in [2.75, 3.05) is 14.2 Å². The van der Waals surface area contributed by atoms with Gasteiger partial charge < -0.3 is 19.4 Å². The van der Waals surface area contributed by atoms with Crippen molar-refractivity contribution < 1.29 is 14.3 Å². The first-order valence-electron chi connectivity index (χ1n) is 10.2. The molecule has 1 heterocycles. The van der Waals surface area contributed by atoms with Crippen LogP contribution in [0.5, 0.6) is 11.5 Å². The van der Waals surface area contributed by atoms with Gasteiger partial charge in [0.1, 0.15) is 5.82 Å². The minimum atomic E-state index is -0.307. The number of fused-ring (bicyclic) bond motifs is 1. The Morgan fingerprint density at radius 2 is 1.75 bits per heavy atom. The number of methoxy groups -OCH3 is 2. The van der Waals surface area contributed by atoms with Crippen molar-refractivity contribution in [2.24, 2.45) is 0 Å². The summed E-state index contributed by atoms with van der Waals surface area (Å²) in [6.07, 6.45) is 0. The summed E-state index contributed by atoms with van der Waals surface area (Å²) in [5.74, 6) is 1.67. The van der Waals surface area contributed by atoms with E-state index in [-0.39, 0.29) is 11.9 Å². The Hall–Kier alpha value is -3.32. The van der Waals surface area contributed by atoms with Crippen LogP contribution in [0.3, 0.4) is 0 Å². The molecule has 0 aliphatic rings. The SMILES string of the molecule is COc1ccc(C(=O)NC(C)c2nc3ccccc3n2Cc2ccc(Br)cc2)cc1OC. The van der Waals surface area contributed by atoms with Crippen molar-refractivity contribution in [1.82, 2.24) is 14.9 Å². The molecule has 7 heteroatoms. The smallest absolute Gasteiger partial charge is 0.251 e. The minimum Gasteiger partial charge on any atom is -0.493 e. The summed E-state index contributed by atoms with van der Waals surface area (Å²) in [5.41, 5.74) is 3.56. The van der Waals surface area contributed by atoms with E-state index in [9.17, 15) is 4.79 Å². The molecule has 4 rings (SSSR count). The van der Waals surface area contributed by atoms with Crippen molar-refractivity contribution in [3.05, 3.63) is 88.2 Å². The first-order valence-corrected chi connectivity index (χ1v) is 11.0. The molecular weight excluding hydrogens is 470 g/mol. The molecule has 0 aliphatic carbocycles. The summed E-state index contributed by atoms with van der Waals surface area (Å²) in [6, 6.07) is 21.0. The van der Waals surface area contributed by atoms with Crippen LogP contribution in [-0.2, 0) is 6.54 Å². The highest BCUT2D eigenvalue weighted by molar-refractivity contribution is 9.10. The van der Waals surface area contributed by atoms with E-state index in [0.29, 0.717) is 23.6 Å². The number of hydrogen-bond acceptors (Lipinski definition) is 4. The molecule has 1 N–H and O–H groups in total. The zero-order valence-corrected chi connectivity index (χ0v) is 19.7. The highest BCUT2D eigenvalue weighted by Gasteiger charge is 2.20. The third-order valence-electron chi connectivity index (χ3n) is 5.32. The number of para-hydroxylation sites is 2. The molecule has 0 aliphatic heterocycles. The number of imidazole rings is 1. The van der Waals surface area contributed by atoms with E-state index < -0.39 is 0 Å². The van der Waals surface area contributed by atoms with Crippen LogP contribution in [0.15, 0.2) is 71.2 Å². The molecular formula is C25H24BrN3O3. The predicted molar refractivity (Wildman–Crippen MR) is 128 cm³/mol. The summed E-state index contributed by atoms with van der Waals surface area (Å²) >= 11 is 3.49. The molecule has 3 aromatic carbocycles. The van der Waals surface area contributed by atoms with E-state index >= 15 is 0 Å². The molecule has 1 aromatic heterocycles. The van der Waals surface area contributed by atoms with Gasteiger partial charge in [-0.1, -0.05) is 40.2 Å². The maximum absolute atomic E-state index is 13.0. The van der Waals surface area contributed by atoms with Gasteiger partial charge in [-0.15, -0.1) is 0 Å². The monoisotopic (exact) mass is 493 g/mol. The number of nitrogens with one attached hydrogen (secondary N) is 1. The molecule has 1 atom stereocenters. The van der Waals surface area contributed by atoms with Crippen LogP contribution < -0.4 is 14.8 Å². The Labute approximate surface area is 195 Å². The van der Waals surface area contributed by atoms with Gasteiger partial charge in [0.25, 0.3) is 5.91 Å². The van der Waals surface area contributed by atoms with E-state index in [4.69, 9.17) is 14.5 Å². The number of carbonyl (C=O) groups excluding carboxylic acids is 1. The summed E-state index contributed by atoms with van der Waals surface area (Å²) in [4.78, 5) is 17.8. The number of halogens is 1. The fraction of sp³-hybridized carbons (Fsp3) is 0.200. The van der Waals surface area contributed by atoms with Gasteiger partial charge in [0.15, 0.2) is 11.5 Å². The van der Waals surface area contributed by atoms with Crippen LogP contribution in [0.4, 0.5) is 0 Å². The molecule has 32 heavy (non-hydrogen) atoms. The van der Waals surface area contributed by atoms with E-state index in [1.165, 1.54) is 0 Å². The topological polar surface area (TPSA) is 65.4 Å². The molecule has 0 fully saturated rings. The Bertz CT molecular complexity index is 1250. The van der Waals surface area contributed by atoms with Gasteiger partial charge in [-0.25, -0.2) is 4.98 Å². The molecule has 0 saturated carbocycles. The number of carbonyl (C=O) groups is 1. The normalized spacial score (nSPS) is 11.9. The second kappa shape index (κ2) is 9.44. The third kappa shape index (κ3) is 4.48. The Kier molecular flexibility index (Phi) is 6.46. The summed E-state index contributed by atoms with van der Waals surface area (Å²) in [6.45, 7) is 2.59. The molecule has 1 amide bonds. The second-order valence-corrected chi connectivity index (χ2v) is 8.35. The lowest BCUT2D eigenvalue weighted by molar-refractivity contribution is 0.0937. The molecule has 0 radical (unpaired) electrons. The van der Waals surface area contributed by atoms with Crippen molar-refractivity contribution >= 4 is 32.9 Å². The standard InChI is InChI=1S/C25H24BrN3O3/c1-16(27-25(30)18-10-13-22(31-2)23(14-18)32-3)24-28-20-6-4-5-7-21(20)29(24)15-17-8-11-19(26)12-9-17/h4-14,16H,15H2,1-3H3,(H,27,30). The number of rotatable bonds is 7. The predicted octanol–water partition coefficient (Wildman–Crippen LogP) is 5.36. The van der Waals surface area contributed by atoms with Gasteiger partial charge in [0.05, 0.1) is 31.3 Å². The number of ether oxygens (including phenoxy) is 2. The van der Waals surface area contributed by atoms with E-state index in [0.717, 1.165) is 26.9 Å². The van der Waals surface area contributed by atoms with Gasteiger partial charge in [-0.3, -0.25) is 4.79 Å². The molecule has 0 saturated heterocycles. The van der Waals surface area contributed by atoms with Gasteiger partial charge in [0.2, 0.25) is 0 Å². The minimum absolute atomic E-state index is 0.208. The highest BCUT2D eigenvalue weighted by atomic mass is 79.9. The fourth-order valence-corrected chi connectivity index (χ4v) is 3.95. The maximum atomic E-state index is 13.0. The van der Waals surface area contributed by atoms with E-state index in [1.807, 2.05) is 43.3 Å². The first-order chi connectivity index (χ1) is 15.5. The average molecular weight is 494 g/mol. The quantitative estimate of drug-likeness (QED) is 0.376. The Morgan fingerprint density at radius 3 is 2.47 bits per heavy atom. The maximum Gasteiger partial charge on any atom is 0.251 e. The van der Waals surface area contributed by atoms with Crippen molar-refractivity contribution in [1.29, 1.82) is 0 Å². The van der Waals surface area contributed by atoms with Crippen LogP contribution in [0, 0.1) is 0 Å². The molecule has 4 aromatic rings.